The minimum absolute atomic E-state index is 0.249. The molecule has 1 N–H and O–H groups in total. The van der Waals surface area contributed by atoms with Crippen molar-refractivity contribution in [3.63, 3.8) is 0 Å². The fraction of sp³-hybridized carbons (Fsp3) is 0.250. The molecule has 0 aliphatic rings. The van der Waals surface area contributed by atoms with Gasteiger partial charge in [0.05, 0.1) is 17.7 Å². The summed E-state index contributed by atoms with van der Waals surface area (Å²) in [6, 6.07) is 15.2. The highest BCUT2D eigenvalue weighted by Crippen LogP contribution is 2.16. The lowest BCUT2D eigenvalue weighted by atomic mass is 10.1. The van der Waals surface area contributed by atoms with Crippen molar-refractivity contribution in [2.75, 3.05) is 6.61 Å². The fourth-order valence-corrected chi connectivity index (χ4v) is 2.36. The van der Waals surface area contributed by atoms with Crippen molar-refractivity contribution in [1.82, 2.24) is 5.32 Å². The van der Waals surface area contributed by atoms with Gasteiger partial charge in [-0.05, 0) is 55.8 Å². The van der Waals surface area contributed by atoms with Gasteiger partial charge in [0.2, 0.25) is 0 Å². The molecule has 0 spiro atoms. The molecule has 2 aromatic carbocycles. The van der Waals surface area contributed by atoms with Crippen molar-refractivity contribution in [3.05, 3.63) is 64.7 Å². The Kier molecular flexibility index (Phi) is 7.21. The SMILES string of the molecule is C[C@H](Oc1ccc(C#N)cc1)C(=O)OCC(=O)N[C@H](C)c1ccc(Cl)cc1. The molecular formula is C20H19ClN2O4. The van der Waals surface area contributed by atoms with Crippen LogP contribution in [0.2, 0.25) is 5.02 Å². The predicted molar refractivity (Wildman–Crippen MR) is 100 cm³/mol. The number of halogens is 1. The van der Waals surface area contributed by atoms with Gasteiger partial charge in [0.25, 0.3) is 5.91 Å². The topological polar surface area (TPSA) is 88.4 Å². The summed E-state index contributed by atoms with van der Waals surface area (Å²) in [5.74, 6) is -0.649. The third-order valence-electron chi connectivity index (χ3n) is 3.72. The number of carbonyl (C=O) groups excluding carboxylic acids is 2. The second kappa shape index (κ2) is 9.60. The average molecular weight is 387 g/mol. The number of rotatable bonds is 7. The van der Waals surface area contributed by atoms with Gasteiger partial charge in [-0.1, -0.05) is 23.7 Å². The number of hydrogen-bond acceptors (Lipinski definition) is 5. The van der Waals surface area contributed by atoms with E-state index in [1.807, 2.05) is 25.1 Å². The standard InChI is InChI=1S/C20H19ClN2O4/c1-13(16-5-7-17(21)8-6-16)23-19(24)12-26-20(25)14(2)27-18-9-3-15(11-22)4-10-18/h3-10,13-14H,12H2,1-2H3,(H,23,24)/t13-,14+/m1/s1. The molecule has 2 atom stereocenters. The number of nitriles is 1. The van der Waals surface area contributed by atoms with Crippen LogP contribution in [0.25, 0.3) is 0 Å². The maximum absolute atomic E-state index is 12.0. The zero-order valence-corrected chi connectivity index (χ0v) is 15.7. The summed E-state index contributed by atoms with van der Waals surface area (Å²) in [7, 11) is 0. The first kappa shape index (κ1) is 20.3. The summed E-state index contributed by atoms with van der Waals surface area (Å²) in [5, 5.41) is 12.1. The maximum atomic E-state index is 12.0. The molecule has 0 radical (unpaired) electrons. The molecular weight excluding hydrogens is 368 g/mol. The van der Waals surface area contributed by atoms with Crippen LogP contribution in [-0.4, -0.2) is 24.6 Å². The first-order valence-corrected chi connectivity index (χ1v) is 8.65. The van der Waals surface area contributed by atoms with E-state index < -0.39 is 24.6 Å². The number of carbonyl (C=O) groups is 2. The van der Waals surface area contributed by atoms with Gasteiger partial charge in [0.1, 0.15) is 5.75 Å². The smallest absolute Gasteiger partial charge is 0.347 e. The Bertz CT molecular complexity index is 829. The highest BCUT2D eigenvalue weighted by Gasteiger charge is 2.18. The Hall–Kier alpha value is -3.04. The van der Waals surface area contributed by atoms with Crippen LogP contribution in [0.1, 0.15) is 31.0 Å². The van der Waals surface area contributed by atoms with E-state index in [2.05, 4.69) is 5.32 Å². The molecule has 1 amide bonds. The van der Waals surface area contributed by atoms with Crippen LogP contribution in [0.15, 0.2) is 48.5 Å². The predicted octanol–water partition coefficient (Wildman–Crippen LogP) is 3.40. The van der Waals surface area contributed by atoms with Crippen molar-refractivity contribution < 1.29 is 19.1 Å². The van der Waals surface area contributed by atoms with Gasteiger partial charge < -0.3 is 14.8 Å². The first-order chi connectivity index (χ1) is 12.9. The summed E-state index contributed by atoms with van der Waals surface area (Å²) in [6.07, 6.45) is -0.889. The summed E-state index contributed by atoms with van der Waals surface area (Å²) < 4.78 is 10.4. The van der Waals surface area contributed by atoms with Gasteiger partial charge in [0.15, 0.2) is 12.7 Å². The van der Waals surface area contributed by atoms with E-state index in [4.69, 9.17) is 26.3 Å². The van der Waals surface area contributed by atoms with Crippen LogP contribution in [0.5, 0.6) is 5.75 Å². The third kappa shape index (κ3) is 6.32. The van der Waals surface area contributed by atoms with Crippen LogP contribution >= 0.6 is 11.6 Å². The fourth-order valence-electron chi connectivity index (χ4n) is 2.23. The Morgan fingerprint density at radius 2 is 1.74 bits per heavy atom. The van der Waals surface area contributed by atoms with E-state index in [0.29, 0.717) is 16.3 Å². The summed E-state index contributed by atoms with van der Waals surface area (Å²) in [4.78, 5) is 23.9. The Morgan fingerprint density at radius 1 is 1.11 bits per heavy atom. The molecule has 0 aliphatic carbocycles. The molecule has 0 heterocycles. The largest absolute Gasteiger partial charge is 0.479 e. The lowest BCUT2D eigenvalue weighted by Gasteiger charge is -2.16. The van der Waals surface area contributed by atoms with E-state index in [1.165, 1.54) is 6.92 Å². The zero-order chi connectivity index (χ0) is 19.8. The number of amides is 1. The quantitative estimate of drug-likeness (QED) is 0.737. The first-order valence-electron chi connectivity index (χ1n) is 8.27. The molecule has 140 valence electrons. The second-order valence-electron chi connectivity index (χ2n) is 5.84. The second-order valence-corrected chi connectivity index (χ2v) is 6.28. The minimum Gasteiger partial charge on any atom is -0.479 e. The number of hydrogen-bond donors (Lipinski definition) is 1. The molecule has 0 bridgehead atoms. The van der Waals surface area contributed by atoms with Crippen LogP contribution in [0.3, 0.4) is 0 Å². The van der Waals surface area contributed by atoms with E-state index in [0.717, 1.165) is 5.56 Å². The van der Waals surface area contributed by atoms with Crippen molar-refractivity contribution in [2.24, 2.45) is 0 Å². The van der Waals surface area contributed by atoms with E-state index in [-0.39, 0.29) is 6.04 Å². The zero-order valence-electron chi connectivity index (χ0n) is 14.9. The Labute approximate surface area is 162 Å². The van der Waals surface area contributed by atoms with Gasteiger partial charge in [0, 0.05) is 5.02 Å². The lowest BCUT2D eigenvalue weighted by molar-refractivity contribution is -0.154. The van der Waals surface area contributed by atoms with Crippen molar-refractivity contribution in [1.29, 1.82) is 5.26 Å². The van der Waals surface area contributed by atoms with Crippen molar-refractivity contribution in [2.45, 2.75) is 26.0 Å². The van der Waals surface area contributed by atoms with E-state index >= 15 is 0 Å². The van der Waals surface area contributed by atoms with Crippen LogP contribution in [-0.2, 0) is 14.3 Å². The molecule has 0 aromatic heterocycles. The summed E-state index contributed by atoms with van der Waals surface area (Å²) in [5.41, 5.74) is 1.38. The number of esters is 1. The number of nitrogens with one attached hydrogen (secondary N) is 1. The summed E-state index contributed by atoms with van der Waals surface area (Å²) >= 11 is 5.84. The van der Waals surface area contributed by atoms with Gasteiger partial charge >= 0.3 is 5.97 Å². The van der Waals surface area contributed by atoms with Crippen LogP contribution < -0.4 is 10.1 Å². The van der Waals surface area contributed by atoms with Gasteiger partial charge in [-0.3, -0.25) is 4.79 Å². The van der Waals surface area contributed by atoms with Gasteiger partial charge in [-0.2, -0.15) is 5.26 Å². The average Bonchev–Trinajstić information content (AvgIpc) is 2.67. The highest BCUT2D eigenvalue weighted by atomic mass is 35.5. The monoisotopic (exact) mass is 386 g/mol. The molecule has 0 saturated heterocycles. The minimum atomic E-state index is -0.889. The van der Waals surface area contributed by atoms with Crippen LogP contribution in [0, 0.1) is 11.3 Å². The highest BCUT2D eigenvalue weighted by molar-refractivity contribution is 6.30. The van der Waals surface area contributed by atoms with Crippen molar-refractivity contribution in [3.8, 4) is 11.8 Å². The molecule has 0 aliphatic heterocycles. The van der Waals surface area contributed by atoms with E-state index in [9.17, 15) is 9.59 Å². The number of benzene rings is 2. The molecule has 0 saturated carbocycles. The van der Waals surface area contributed by atoms with Gasteiger partial charge in [-0.25, -0.2) is 4.79 Å². The lowest BCUT2D eigenvalue weighted by Crippen LogP contribution is -2.34. The molecule has 0 unspecified atom stereocenters. The molecule has 6 nitrogen and oxygen atoms in total. The molecule has 0 fully saturated rings. The summed E-state index contributed by atoms with van der Waals surface area (Å²) in [6.45, 7) is 2.94. The number of nitrogens with zero attached hydrogens (tertiary/aromatic N) is 1. The normalized spacial score (nSPS) is 12.4. The molecule has 2 rings (SSSR count). The van der Waals surface area contributed by atoms with Crippen molar-refractivity contribution >= 4 is 23.5 Å². The molecule has 7 heteroatoms. The Morgan fingerprint density at radius 3 is 2.33 bits per heavy atom. The van der Waals surface area contributed by atoms with Crippen LogP contribution in [0.4, 0.5) is 0 Å². The Balaban J connectivity index is 1.78. The van der Waals surface area contributed by atoms with E-state index in [1.54, 1.807) is 36.4 Å². The third-order valence-corrected chi connectivity index (χ3v) is 3.97. The molecule has 2 aromatic rings. The maximum Gasteiger partial charge on any atom is 0.347 e. The van der Waals surface area contributed by atoms with Gasteiger partial charge in [-0.15, -0.1) is 0 Å². The molecule has 27 heavy (non-hydrogen) atoms. The number of ether oxygens (including phenoxy) is 2.